The van der Waals surface area contributed by atoms with Crippen LogP contribution in [0.3, 0.4) is 0 Å². The van der Waals surface area contributed by atoms with Crippen molar-refractivity contribution in [3.05, 3.63) is 34.9 Å². The fraction of sp³-hybridized carbons (Fsp3) is 0.771. The summed E-state index contributed by atoms with van der Waals surface area (Å²) in [6, 6.07) is 4.53. The molecule has 0 amide bonds. The monoisotopic (exact) mass is 512 g/mol. The van der Waals surface area contributed by atoms with Crippen LogP contribution in [0, 0.1) is 0 Å². The van der Waals surface area contributed by atoms with E-state index in [2.05, 4.69) is 32.1 Å². The Morgan fingerprint density at radius 2 is 1.08 bits per heavy atom. The van der Waals surface area contributed by atoms with Gasteiger partial charge in [0, 0.05) is 11.5 Å². The van der Waals surface area contributed by atoms with Gasteiger partial charge in [-0.25, -0.2) is 0 Å². The van der Waals surface area contributed by atoms with Gasteiger partial charge >= 0.3 is 0 Å². The van der Waals surface area contributed by atoms with Crippen LogP contribution in [0.15, 0.2) is 23.8 Å². The number of allylic oxidation sites excluding steroid dienone is 2. The minimum absolute atomic E-state index is 0.415. The van der Waals surface area contributed by atoms with Crippen LogP contribution in [0.1, 0.15) is 166 Å². The molecule has 0 heterocycles. The minimum Gasteiger partial charge on any atom is -0.496 e. The summed E-state index contributed by atoms with van der Waals surface area (Å²) in [6.07, 6.45) is 32.8. The number of ether oxygens (including phenoxy) is 2. The summed E-state index contributed by atoms with van der Waals surface area (Å²) >= 11 is 0. The molecule has 1 atom stereocenters. The van der Waals surface area contributed by atoms with Crippen LogP contribution in [-0.2, 0) is 6.42 Å². The zero-order chi connectivity index (χ0) is 26.6. The van der Waals surface area contributed by atoms with Crippen molar-refractivity contribution in [2.75, 3.05) is 14.2 Å². The number of hydrogen-bond acceptors (Lipinski definition) is 2. The molecule has 1 unspecified atom stereocenters. The van der Waals surface area contributed by atoms with Gasteiger partial charge in [0.05, 0.1) is 14.2 Å². The molecule has 1 aromatic carbocycles. The lowest BCUT2D eigenvalue weighted by molar-refractivity contribution is 0.378. The Kier molecular flexibility index (Phi) is 17.6. The maximum absolute atomic E-state index is 5.85. The van der Waals surface area contributed by atoms with Crippen molar-refractivity contribution in [3.63, 3.8) is 0 Å². The molecule has 0 spiro atoms. The number of benzene rings is 1. The van der Waals surface area contributed by atoms with Crippen molar-refractivity contribution in [2.45, 2.75) is 161 Å². The summed E-state index contributed by atoms with van der Waals surface area (Å²) in [5.41, 5.74) is 4.08. The highest BCUT2D eigenvalue weighted by Crippen LogP contribution is 2.42. The summed E-state index contributed by atoms with van der Waals surface area (Å²) in [7, 11) is 3.61. The van der Waals surface area contributed by atoms with Gasteiger partial charge in [-0.2, -0.15) is 0 Å². The van der Waals surface area contributed by atoms with Crippen LogP contribution in [0.4, 0.5) is 0 Å². The lowest BCUT2D eigenvalue weighted by Crippen LogP contribution is -2.07. The predicted molar refractivity (Wildman–Crippen MR) is 162 cm³/mol. The van der Waals surface area contributed by atoms with E-state index in [1.807, 2.05) is 0 Å². The predicted octanol–water partition coefficient (Wildman–Crippen LogP) is 11.5. The van der Waals surface area contributed by atoms with E-state index in [0.29, 0.717) is 5.92 Å². The second kappa shape index (κ2) is 20.5. The lowest BCUT2D eigenvalue weighted by Gasteiger charge is -2.24. The van der Waals surface area contributed by atoms with Crippen molar-refractivity contribution < 1.29 is 9.47 Å². The van der Waals surface area contributed by atoms with Crippen LogP contribution < -0.4 is 9.47 Å². The van der Waals surface area contributed by atoms with Gasteiger partial charge in [0.15, 0.2) is 0 Å². The third-order valence-electron chi connectivity index (χ3n) is 8.37. The largest absolute Gasteiger partial charge is 0.496 e. The Morgan fingerprint density at radius 3 is 1.49 bits per heavy atom. The molecule has 0 N–H and O–H groups in total. The summed E-state index contributed by atoms with van der Waals surface area (Å²) in [5, 5.41) is 0. The Balaban J connectivity index is 1.52. The highest BCUT2D eigenvalue weighted by atomic mass is 16.5. The molecule has 0 saturated carbocycles. The maximum Gasteiger partial charge on any atom is 0.126 e. The van der Waals surface area contributed by atoms with E-state index in [9.17, 15) is 0 Å². The second-order valence-corrected chi connectivity index (χ2v) is 11.7. The molecule has 212 valence electrons. The Hall–Kier alpha value is -1.44. The molecule has 1 aliphatic rings. The van der Waals surface area contributed by atoms with Crippen LogP contribution in [0.25, 0.3) is 0 Å². The van der Waals surface area contributed by atoms with E-state index < -0.39 is 0 Å². The van der Waals surface area contributed by atoms with Gasteiger partial charge in [0.1, 0.15) is 11.5 Å². The SMILES string of the molecule is CCCCCCCCCCCCCCCCCCCCc1cc(OC)c(C2C=C(C)CCC2)c(OC)c1. The normalized spacial score (nSPS) is 15.6. The molecule has 0 saturated heterocycles. The standard InChI is InChI=1S/C35H60O2/c1-5-6-7-8-9-10-11-12-13-14-15-16-17-18-19-20-21-22-25-31-28-33(36-3)35(34(29-31)37-4)32-26-23-24-30(2)27-32/h27-29,32H,5-26H2,1-4H3. The number of hydrogen-bond donors (Lipinski definition) is 0. The molecular weight excluding hydrogens is 452 g/mol. The van der Waals surface area contributed by atoms with Crippen LogP contribution in [0.5, 0.6) is 11.5 Å². The van der Waals surface area contributed by atoms with Gasteiger partial charge in [0.2, 0.25) is 0 Å². The van der Waals surface area contributed by atoms with Crippen molar-refractivity contribution in [2.24, 2.45) is 0 Å². The minimum atomic E-state index is 0.415. The van der Waals surface area contributed by atoms with E-state index in [1.165, 1.54) is 152 Å². The molecule has 0 fully saturated rings. The van der Waals surface area contributed by atoms with E-state index >= 15 is 0 Å². The molecule has 37 heavy (non-hydrogen) atoms. The topological polar surface area (TPSA) is 18.5 Å². The Labute approximate surface area is 231 Å². The van der Waals surface area contributed by atoms with Crippen molar-refractivity contribution in [1.29, 1.82) is 0 Å². The van der Waals surface area contributed by atoms with E-state index in [-0.39, 0.29) is 0 Å². The first-order valence-corrected chi connectivity index (χ1v) is 16.1. The number of unbranched alkanes of at least 4 members (excludes halogenated alkanes) is 17. The van der Waals surface area contributed by atoms with Gasteiger partial charge in [0.25, 0.3) is 0 Å². The van der Waals surface area contributed by atoms with Crippen molar-refractivity contribution >= 4 is 0 Å². The van der Waals surface area contributed by atoms with Gasteiger partial charge in [-0.1, -0.05) is 128 Å². The zero-order valence-electron chi connectivity index (χ0n) is 25.2. The van der Waals surface area contributed by atoms with Crippen LogP contribution >= 0.6 is 0 Å². The van der Waals surface area contributed by atoms with Crippen LogP contribution in [0.2, 0.25) is 0 Å². The second-order valence-electron chi connectivity index (χ2n) is 11.7. The number of rotatable bonds is 22. The van der Waals surface area contributed by atoms with E-state index in [4.69, 9.17) is 9.47 Å². The van der Waals surface area contributed by atoms with Crippen LogP contribution in [-0.4, -0.2) is 14.2 Å². The smallest absolute Gasteiger partial charge is 0.126 e. The Bertz CT molecular complexity index is 710. The summed E-state index contributed by atoms with van der Waals surface area (Å²) in [6.45, 7) is 4.55. The molecule has 0 bridgehead atoms. The highest BCUT2D eigenvalue weighted by Gasteiger charge is 2.22. The van der Waals surface area contributed by atoms with E-state index in [0.717, 1.165) is 17.9 Å². The molecule has 0 aliphatic heterocycles. The van der Waals surface area contributed by atoms with Crippen molar-refractivity contribution in [1.82, 2.24) is 0 Å². The maximum atomic E-state index is 5.85. The van der Waals surface area contributed by atoms with Crippen molar-refractivity contribution in [3.8, 4) is 11.5 Å². The van der Waals surface area contributed by atoms with Gasteiger partial charge in [-0.3, -0.25) is 0 Å². The Morgan fingerprint density at radius 1 is 0.649 bits per heavy atom. The molecule has 1 aromatic rings. The average Bonchev–Trinajstić information content (AvgIpc) is 2.91. The fourth-order valence-corrected chi connectivity index (χ4v) is 6.07. The third-order valence-corrected chi connectivity index (χ3v) is 8.37. The fourth-order valence-electron chi connectivity index (χ4n) is 6.07. The molecule has 2 rings (SSSR count). The zero-order valence-corrected chi connectivity index (χ0v) is 25.2. The highest BCUT2D eigenvalue weighted by molar-refractivity contribution is 5.52. The average molecular weight is 513 g/mol. The molecule has 2 nitrogen and oxygen atoms in total. The van der Waals surface area contributed by atoms with Gasteiger partial charge < -0.3 is 9.47 Å². The molecule has 0 aromatic heterocycles. The quantitative estimate of drug-likeness (QED) is 0.114. The summed E-state index contributed by atoms with van der Waals surface area (Å²) in [5.74, 6) is 2.43. The molecule has 0 radical (unpaired) electrons. The summed E-state index contributed by atoms with van der Waals surface area (Å²) < 4.78 is 11.7. The molecule has 2 heteroatoms. The number of methoxy groups -OCH3 is 2. The van der Waals surface area contributed by atoms with Gasteiger partial charge in [-0.15, -0.1) is 0 Å². The lowest BCUT2D eigenvalue weighted by atomic mass is 9.84. The first-order valence-electron chi connectivity index (χ1n) is 16.1. The van der Waals surface area contributed by atoms with E-state index in [1.54, 1.807) is 14.2 Å². The summed E-state index contributed by atoms with van der Waals surface area (Å²) in [4.78, 5) is 0. The third kappa shape index (κ3) is 13.3. The molecular formula is C35H60O2. The molecule has 1 aliphatic carbocycles. The first-order chi connectivity index (χ1) is 18.2. The first kappa shape index (κ1) is 31.8. The number of aryl methyl sites for hydroxylation is 1. The van der Waals surface area contributed by atoms with Gasteiger partial charge in [-0.05, 0) is 56.7 Å².